The average molecular weight is 247 g/mol. The zero-order valence-electron chi connectivity index (χ0n) is 8.26. The summed E-state index contributed by atoms with van der Waals surface area (Å²) in [5.41, 5.74) is 1.81. The van der Waals surface area contributed by atoms with E-state index in [2.05, 4.69) is 0 Å². The molecule has 0 heterocycles. The molecule has 0 aliphatic carbocycles. The van der Waals surface area contributed by atoms with Crippen LogP contribution in [0.25, 0.3) is 0 Å². The van der Waals surface area contributed by atoms with E-state index in [0.29, 0.717) is 6.92 Å². The van der Waals surface area contributed by atoms with Gasteiger partial charge in [0.2, 0.25) is 0 Å². The summed E-state index contributed by atoms with van der Waals surface area (Å²) in [6.45, 7) is 0.525. The quantitative estimate of drug-likeness (QED) is 0.773. The van der Waals surface area contributed by atoms with Gasteiger partial charge in [0.25, 0.3) is 0 Å². The number of carbonyl (C=O) groups is 1. The Bertz CT molecular complexity index is 345. The smallest absolute Gasteiger partial charge is 0.312 e. The van der Waals surface area contributed by atoms with Crippen molar-refractivity contribution in [3.05, 3.63) is 0 Å². The third-order valence-corrected chi connectivity index (χ3v) is 2.81. The maximum atomic E-state index is 12.2. The molecular weight excluding hydrogens is 235 g/mol. The van der Waals surface area contributed by atoms with Gasteiger partial charge in [-0.1, -0.05) is 0 Å². The van der Waals surface area contributed by atoms with Gasteiger partial charge in [0.15, 0.2) is 11.3 Å². The Hall–Kier alpha value is -0.630. The molecule has 8 heteroatoms. The van der Waals surface area contributed by atoms with Gasteiger partial charge >= 0.3 is 6.18 Å². The Kier molecular flexibility index (Phi) is 3.92. The molecule has 0 rings (SSSR count). The van der Waals surface area contributed by atoms with Crippen molar-refractivity contribution >= 4 is 15.6 Å². The Morgan fingerprint density at radius 1 is 1.33 bits per heavy atom. The molecule has 0 saturated heterocycles. The van der Waals surface area contributed by atoms with Crippen molar-refractivity contribution in [2.24, 2.45) is 5.73 Å². The topological polar surface area (TPSA) is 77.2 Å². The Morgan fingerprint density at radius 3 is 2.00 bits per heavy atom. The first-order valence-corrected chi connectivity index (χ1v) is 6.00. The molecule has 0 bridgehead atoms. The minimum Gasteiger partial charge on any atom is -0.312 e. The molecule has 0 fully saturated rings. The van der Waals surface area contributed by atoms with E-state index in [0.717, 1.165) is 6.26 Å². The van der Waals surface area contributed by atoms with E-state index in [1.807, 2.05) is 0 Å². The number of halogens is 3. The fourth-order valence-electron chi connectivity index (χ4n) is 0.696. The number of alkyl halides is 3. The highest BCUT2D eigenvalue weighted by Crippen LogP contribution is 2.29. The molecule has 1 unspecified atom stereocenters. The van der Waals surface area contributed by atoms with E-state index in [1.165, 1.54) is 0 Å². The maximum Gasteiger partial charge on any atom is 0.413 e. The van der Waals surface area contributed by atoms with E-state index in [9.17, 15) is 26.4 Å². The first-order chi connectivity index (χ1) is 6.38. The van der Waals surface area contributed by atoms with Gasteiger partial charge in [-0.05, 0) is 6.92 Å². The van der Waals surface area contributed by atoms with Gasteiger partial charge in [-0.2, -0.15) is 13.2 Å². The summed E-state index contributed by atoms with van der Waals surface area (Å²) in [7, 11) is -3.47. The van der Waals surface area contributed by atoms with E-state index in [-0.39, 0.29) is 0 Å². The third-order valence-electron chi connectivity index (χ3n) is 1.87. The summed E-state index contributed by atoms with van der Waals surface area (Å²) in [6.07, 6.45) is -4.77. The molecule has 0 aliphatic rings. The monoisotopic (exact) mass is 247 g/mol. The van der Waals surface area contributed by atoms with Gasteiger partial charge in [-0.25, -0.2) is 8.42 Å². The second kappa shape index (κ2) is 4.09. The van der Waals surface area contributed by atoms with Crippen molar-refractivity contribution in [1.29, 1.82) is 0 Å². The zero-order chi connectivity index (χ0) is 12.5. The molecule has 0 amide bonds. The van der Waals surface area contributed by atoms with Crippen LogP contribution in [0, 0.1) is 0 Å². The zero-order valence-corrected chi connectivity index (χ0v) is 9.07. The second-order valence-electron chi connectivity index (χ2n) is 3.50. The lowest BCUT2D eigenvalue weighted by Crippen LogP contribution is -2.57. The number of ketones is 1. The van der Waals surface area contributed by atoms with Crippen LogP contribution in [0.5, 0.6) is 0 Å². The van der Waals surface area contributed by atoms with Crippen molar-refractivity contribution in [2.45, 2.75) is 25.1 Å². The van der Waals surface area contributed by atoms with Crippen molar-refractivity contribution < 1.29 is 26.4 Å². The molecule has 0 spiro atoms. The number of nitrogens with two attached hydrogens (primary N) is 1. The minimum atomic E-state index is -4.87. The summed E-state index contributed by atoms with van der Waals surface area (Å²) >= 11 is 0. The minimum absolute atomic E-state index is 0.525. The van der Waals surface area contributed by atoms with E-state index in [1.54, 1.807) is 0 Å². The lowest BCUT2D eigenvalue weighted by molar-refractivity contribution is -0.185. The fraction of sp³-hybridized carbons (Fsp3) is 0.857. The Labute approximate surface area is 85.6 Å². The number of Topliss-reactive ketones (excluding diaryl/α,β-unsaturated/α-hetero) is 1. The average Bonchev–Trinajstić information content (AvgIpc) is 1.96. The standard InChI is InChI=1S/C7H12F3NO3S/c1-6(11,7(8,9)10)5(12)3-4-15(2,13)14/h3-4,11H2,1-2H3. The number of hydrogen-bond donors (Lipinski definition) is 1. The molecular formula is C7H12F3NO3S. The lowest BCUT2D eigenvalue weighted by Gasteiger charge is -2.25. The highest BCUT2D eigenvalue weighted by molar-refractivity contribution is 7.90. The first-order valence-electron chi connectivity index (χ1n) is 3.94. The van der Waals surface area contributed by atoms with Gasteiger partial charge in [0.05, 0.1) is 5.75 Å². The Balaban J connectivity index is 4.61. The molecule has 1 atom stereocenters. The highest BCUT2D eigenvalue weighted by atomic mass is 32.2. The van der Waals surface area contributed by atoms with E-state index in [4.69, 9.17) is 5.73 Å². The predicted molar refractivity (Wildman–Crippen MR) is 48.0 cm³/mol. The third kappa shape index (κ3) is 4.17. The molecule has 15 heavy (non-hydrogen) atoms. The summed E-state index contributed by atoms with van der Waals surface area (Å²) in [4.78, 5) is 11.0. The number of hydrogen-bond acceptors (Lipinski definition) is 4. The first kappa shape index (κ1) is 14.4. The van der Waals surface area contributed by atoms with Gasteiger partial charge < -0.3 is 5.73 Å². The SMILES string of the molecule is CC(N)(C(=O)CCS(C)(=O)=O)C(F)(F)F. The molecule has 0 radical (unpaired) electrons. The second-order valence-corrected chi connectivity index (χ2v) is 5.76. The van der Waals surface area contributed by atoms with Gasteiger partial charge in [0, 0.05) is 12.7 Å². The molecule has 4 nitrogen and oxygen atoms in total. The van der Waals surface area contributed by atoms with Crippen LogP contribution in [0.2, 0.25) is 0 Å². The normalized spacial score (nSPS) is 17.2. The Morgan fingerprint density at radius 2 is 1.73 bits per heavy atom. The molecule has 0 aliphatic heterocycles. The summed E-state index contributed by atoms with van der Waals surface area (Å²) in [5.74, 6) is -1.96. The lowest BCUT2D eigenvalue weighted by atomic mass is 9.95. The van der Waals surface area contributed by atoms with Crippen molar-refractivity contribution in [2.75, 3.05) is 12.0 Å². The maximum absolute atomic E-state index is 12.2. The van der Waals surface area contributed by atoms with Crippen LogP contribution >= 0.6 is 0 Å². The van der Waals surface area contributed by atoms with Crippen LogP contribution in [0.3, 0.4) is 0 Å². The summed E-state index contributed by atoms with van der Waals surface area (Å²) in [5, 5.41) is 0. The molecule has 0 aromatic rings. The molecule has 0 aromatic heterocycles. The van der Waals surface area contributed by atoms with Gasteiger partial charge in [0.1, 0.15) is 9.84 Å². The molecule has 2 N–H and O–H groups in total. The fourth-order valence-corrected chi connectivity index (χ4v) is 1.25. The number of carbonyl (C=O) groups excluding carboxylic acids is 1. The predicted octanol–water partition coefficient (Wildman–Crippen LogP) is 0.270. The van der Waals surface area contributed by atoms with Crippen LogP contribution < -0.4 is 5.73 Å². The van der Waals surface area contributed by atoms with Crippen molar-refractivity contribution in [3.8, 4) is 0 Å². The van der Waals surface area contributed by atoms with Crippen molar-refractivity contribution in [3.63, 3.8) is 0 Å². The summed E-state index contributed by atoms with van der Waals surface area (Å²) < 4.78 is 57.9. The van der Waals surface area contributed by atoms with E-state index >= 15 is 0 Å². The van der Waals surface area contributed by atoms with Crippen LogP contribution in [0.15, 0.2) is 0 Å². The van der Waals surface area contributed by atoms with E-state index < -0.39 is 39.5 Å². The van der Waals surface area contributed by atoms with Crippen LogP contribution in [0.1, 0.15) is 13.3 Å². The van der Waals surface area contributed by atoms with Gasteiger partial charge in [-0.3, -0.25) is 4.79 Å². The highest BCUT2D eigenvalue weighted by Gasteiger charge is 2.53. The summed E-state index contributed by atoms with van der Waals surface area (Å²) in [6, 6.07) is 0. The molecule has 90 valence electrons. The molecule has 0 aromatic carbocycles. The van der Waals surface area contributed by atoms with Crippen molar-refractivity contribution in [1.82, 2.24) is 0 Å². The van der Waals surface area contributed by atoms with Gasteiger partial charge in [-0.15, -0.1) is 0 Å². The largest absolute Gasteiger partial charge is 0.413 e. The number of sulfone groups is 1. The number of rotatable bonds is 4. The molecule has 0 saturated carbocycles. The van der Waals surface area contributed by atoms with Crippen LogP contribution in [0.4, 0.5) is 13.2 Å². The van der Waals surface area contributed by atoms with Crippen LogP contribution in [-0.2, 0) is 14.6 Å². The van der Waals surface area contributed by atoms with Crippen LogP contribution in [-0.4, -0.2) is 37.9 Å².